The molecular weight excluding hydrogens is 252 g/mol. The highest BCUT2D eigenvalue weighted by molar-refractivity contribution is 5.42. The monoisotopic (exact) mass is 272 g/mol. The van der Waals surface area contributed by atoms with Crippen LogP contribution in [0.2, 0.25) is 0 Å². The molecule has 4 nitrogen and oxygen atoms in total. The molecule has 0 amide bonds. The molecule has 2 aromatic rings. The van der Waals surface area contributed by atoms with Crippen molar-refractivity contribution in [1.82, 2.24) is 10.3 Å². The van der Waals surface area contributed by atoms with Gasteiger partial charge in [0.2, 0.25) is 5.88 Å². The van der Waals surface area contributed by atoms with Gasteiger partial charge in [-0.15, -0.1) is 0 Å². The average molecular weight is 272 g/mol. The third-order valence-corrected chi connectivity index (χ3v) is 3.06. The molecule has 0 aliphatic rings. The molecule has 4 heteroatoms. The summed E-state index contributed by atoms with van der Waals surface area (Å²) in [5, 5.41) is 3.20. The number of nitrogens with one attached hydrogen (secondary N) is 1. The van der Waals surface area contributed by atoms with E-state index in [0.717, 1.165) is 11.3 Å². The molecule has 2 rings (SSSR count). The zero-order valence-corrected chi connectivity index (χ0v) is 12.1. The summed E-state index contributed by atoms with van der Waals surface area (Å²) in [6.45, 7) is 4.64. The second-order valence-electron chi connectivity index (χ2n) is 4.42. The Balaban J connectivity index is 2.22. The predicted octanol–water partition coefficient (Wildman–Crippen LogP) is 3.55. The SMILES string of the molecule is CCOc1ccccc1Oc1cc(C(C)NC)ccn1. The molecule has 0 fully saturated rings. The smallest absolute Gasteiger partial charge is 0.219 e. The summed E-state index contributed by atoms with van der Waals surface area (Å²) in [4.78, 5) is 4.25. The van der Waals surface area contributed by atoms with Crippen LogP contribution in [0.15, 0.2) is 42.6 Å². The minimum Gasteiger partial charge on any atom is -0.490 e. The molecule has 1 N–H and O–H groups in total. The van der Waals surface area contributed by atoms with Gasteiger partial charge in [0.25, 0.3) is 0 Å². The van der Waals surface area contributed by atoms with Crippen LogP contribution in [0.5, 0.6) is 17.4 Å². The Morgan fingerprint density at radius 2 is 1.95 bits per heavy atom. The van der Waals surface area contributed by atoms with Crippen molar-refractivity contribution >= 4 is 0 Å². The first kappa shape index (κ1) is 14.3. The normalized spacial score (nSPS) is 11.9. The van der Waals surface area contributed by atoms with Crippen LogP contribution in [0.3, 0.4) is 0 Å². The number of aromatic nitrogens is 1. The highest BCUT2D eigenvalue weighted by atomic mass is 16.5. The number of ether oxygens (including phenoxy) is 2. The van der Waals surface area contributed by atoms with Crippen molar-refractivity contribution in [3.8, 4) is 17.4 Å². The molecule has 106 valence electrons. The molecule has 0 radical (unpaired) electrons. The molecular formula is C16H20N2O2. The van der Waals surface area contributed by atoms with Gasteiger partial charge in [-0.2, -0.15) is 0 Å². The predicted molar refractivity (Wildman–Crippen MR) is 79.4 cm³/mol. The highest BCUT2D eigenvalue weighted by Crippen LogP contribution is 2.31. The number of benzene rings is 1. The summed E-state index contributed by atoms with van der Waals surface area (Å²) in [6.07, 6.45) is 1.75. The van der Waals surface area contributed by atoms with E-state index in [0.29, 0.717) is 18.2 Å². The third-order valence-electron chi connectivity index (χ3n) is 3.06. The van der Waals surface area contributed by atoms with Crippen molar-refractivity contribution in [3.63, 3.8) is 0 Å². The van der Waals surface area contributed by atoms with E-state index in [-0.39, 0.29) is 6.04 Å². The number of rotatable bonds is 6. The highest BCUT2D eigenvalue weighted by Gasteiger charge is 2.08. The molecule has 1 unspecified atom stereocenters. The maximum Gasteiger partial charge on any atom is 0.219 e. The lowest BCUT2D eigenvalue weighted by molar-refractivity contribution is 0.319. The minimum atomic E-state index is 0.252. The van der Waals surface area contributed by atoms with E-state index in [4.69, 9.17) is 9.47 Å². The van der Waals surface area contributed by atoms with Crippen LogP contribution >= 0.6 is 0 Å². The average Bonchev–Trinajstić information content (AvgIpc) is 2.49. The second kappa shape index (κ2) is 6.91. The van der Waals surface area contributed by atoms with Crippen LogP contribution < -0.4 is 14.8 Å². The lowest BCUT2D eigenvalue weighted by Crippen LogP contribution is -2.12. The van der Waals surface area contributed by atoms with Crippen molar-refractivity contribution in [3.05, 3.63) is 48.2 Å². The first-order valence-electron chi connectivity index (χ1n) is 6.77. The molecule has 1 heterocycles. The van der Waals surface area contributed by atoms with Gasteiger partial charge in [-0.1, -0.05) is 12.1 Å². The Hall–Kier alpha value is -2.07. The van der Waals surface area contributed by atoms with Gasteiger partial charge in [0.05, 0.1) is 6.61 Å². The first-order valence-corrected chi connectivity index (χ1v) is 6.77. The fourth-order valence-corrected chi connectivity index (χ4v) is 1.84. The zero-order valence-electron chi connectivity index (χ0n) is 12.1. The van der Waals surface area contributed by atoms with Crippen molar-refractivity contribution in [1.29, 1.82) is 0 Å². The van der Waals surface area contributed by atoms with E-state index >= 15 is 0 Å². The fourth-order valence-electron chi connectivity index (χ4n) is 1.84. The molecule has 0 aliphatic carbocycles. The summed E-state index contributed by atoms with van der Waals surface area (Å²) >= 11 is 0. The molecule has 20 heavy (non-hydrogen) atoms. The molecule has 0 saturated heterocycles. The van der Waals surface area contributed by atoms with Crippen molar-refractivity contribution in [2.45, 2.75) is 19.9 Å². The van der Waals surface area contributed by atoms with Crippen molar-refractivity contribution < 1.29 is 9.47 Å². The summed E-state index contributed by atoms with van der Waals surface area (Å²) in [7, 11) is 1.93. The van der Waals surface area contributed by atoms with Crippen LogP contribution in [0.1, 0.15) is 25.5 Å². The molecule has 1 aromatic heterocycles. The quantitative estimate of drug-likeness (QED) is 0.873. The van der Waals surface area contributed by atoms with Gasteiger partial charge in [0.15, 0.2) is 11.5 Å². The van der Waals surface area contributed by atoms with Gasteiger partial charge in [-0.05, 0) is 44.7 Å². The standard InChI is InChI=1S/C16H20N2O2/c1-4-19-14-7-5-6-8-15(14)20-16-11-13(9-10-18-16)12(2)17-3/h5-12,17H,4H2,1-3H3. The topological polar surface area (TPSA) is 43.4 Å². The minimum absolute atomic E-state index is 0.252. The number of pyridine rings is 1. The second-order valence-corrected chi connectivity index (χ2v) is 4.42. The van der Waals surface area contributed by atoms with Crippen molar-refractivity contribution in [2.75, 3.05) is 13.7 Å². The largest absolute Gasteiger partial charge is 0.490 e. The van der Waals surface area contributed by atoms with Gasteiger partial charge >= 0.3 is 0 Å². The van der Waals surface area contributed by atoms with Gasteiger partial charge in [-0.25, -0.2) is 4.98 Å². The van der Waals surface area contributed by atoms with Crippen LogP contribution in [-0.2, 0) is 0 Å². The van der Waals surface area contributed by atoms with E-state index in [1.54, 1.807) is 6.20 Å². The number of nitrogens with zero attached hydrogens (tertiary/aromatic N) is 1. The van der Waals surface area contributed by atoms with Gasteiger partial charge in [-0.3, -0.25) is 0 Å². The van der Waals surface area contributed by atoms with Crippen LogP contribution in [-0.4, -0.2) is 18.6 Å². The van der Waals surface area contributed by atoms with Crippen molar-refractivity contribution in [2.24, 2.45) is 0 Å². The molecule has 1 aromatic carbocycles. The first-order chi connectivity index (χ1) is 9.74. The molecule has 0 bridgehead atoms. The van der Waals surface area contributed by atoms with E-state index in [9.17, 15) is 0 Å². The van der Waals surface area contributed by atoms with Crippen LogP contribution in [0.25, 0.3) is 0 Å². The third kappa shape index (κ3) is 3.48. The van der Waals surface area contributed by atoms with Gasteiger partial charge in [0.1, 0.15) is 0 Å². The number of hydrogen-bond donors (Lipinski definition) is 1. The lowest BCUT2D eigenvalue weighted by Gasteiger charge is -2.13. The maximum absolute atomic E-state index is 5.83. The maximum atomic E-state index is 5.83. The van der Waals surface area contributed by atoms with E-state index in [1.807, 2.05) is 50.4 Å². The Bertz CT molecular complexity index is 558. The Kier molecular flexibility index (Phi) is 4.96. The molecule has 0 spiro atoms. The molecule has 1 atom stereocenters. The van der Waals surface area contributed by atoms with Gasteiger partial charge in [0, 0.05) is 18.3 Å². The summed E-state index contributed by atoms with van der Waals surface area (Å²) in [5.74, 6) is 1.97. The van der Waals surface area contributed by atoms with Gasteiger partial charge < -0.3 is 14.8 Å². The number of para-hydroxylation sites is 2. The fraction of sp³-hybridized carbons (Fsp3) is 0.312. The Morgan fingerprint density at radius 1 is 1.20 bits per heavy atom. The lowest BCUT2D eigenvalue weighted by atomic mass is 10.1. The molecule has 0 saturated carbocycles. The van der Waals surface area contributed by atoms with Crippen LogP contribution in [0.4, 0.5) is 0 Å². The van der Waals surface area contributed by atoms with Crippen LogP contribution in [0, 0.1) is 0 Å². The Morgan fingerprint density at radius 3 is 2.65 bits per heavy atom. The zero-order chi connectivity index (χ0) is 14.4. The summed E-state index contributed by atoms with van der Waals surface area (Å²) in [5.41, 5.74) is 1.13. The van der Waals surface area contributed by atoms with E-state index < -0.39 is 0 Å². The van der Waals surface area contributed by atoms with E-state index in [1.165, 1.54) is 0 Å². The Labute approximate surface area is 119 Å². The number of hydrogen-bond acceptors (Lipinski definition) is 4. The molecule has 0 aliphatic heterocycles. The summed E-state index contributed by atoms with van der Waals surface area (Å²) < 4.78 is 11.4. The summed E-state index contributed by atoms with van der Waals surface area (Å²) in [6, 6.07) is 11.8. The van der Waals surface area contributed by atoms with E-state index in [2.05, 4.69) is 17.2 Å².